The molecule has 100 valence electrons. The molecule has 0 saturated heterocycles. The fraction of sp³-hybridized carbons (Fsp3) is 0.462. The summed E-state index contributed by atoms with van der Waals surface area (Å²) in [5.41, 5.74) is 0. The molecule has 0 unspecified atom stereocenters. The van der Waals surface area contributed by atoms with Crippen LogP contribution in [0, 0.1) is 0 Å². The number of aliphatic hydroxyl groups excluding tert-OH is 1. The predicted octanol–water partition coefficient (Wildman–Crippen LogP) is 1.77. The molecule has 0 bridgehead atoms. The van der Waals surface area contributed by atoms with E-state index >= 15 is 0 Å². The Morgan fingerprint density at radius 1 is 1.22 bits per heavy atom. The topological polar surface area (TPSA) is 65.0 Å². The molecule has 1 aromatic carbocycles. The summed E-state index contributed by atoms with van der Waals surface area (Å²) in [5.74, 6) is 0.738. The first kappa shape index (κ1) is 14.3. The lowest BCUT2D eigenvalue weighted by molar-refractivity contribution is -0.134. The average Bonchev–Trinajstić information content (AvgIpc) is 2.39. The minimum absolute atomic E-state index is 0.111. The summed E-state index contributed by atoms with van der Waals surface area (Å²) in [7, 11) is 0. The Balaban J connectivity index is 2.99. The third-order valence-corrected chi connectivity index (χ3v) is 2.10. The van der Waals surface area contributed by atoms with Crippen LogP contribution in [0.25, 0.3) is 0 Å². The normalized spacial score (nSPS) is 9.94. The van der Waals surface area contributed by atoms with E-state index in [0.29, 0.717) is 18.1 Å². The van der Waals surface area contributed by atoms with Gasteiger partial charge in [-0.1, -0.05) is 13.0 Å². The summed E-state index contributed by atoms with van der Waals surface area (Å²) in [4.78, 5) is 11.4. The van der Waals surface area contributed by atoms with E-state index in [1.54, 1.807) is 25.1 Å². The zero-order valence-corrected chi connectivity index (χ0v) is 10.6. The smallest absolute Gasteiger partial charge is 0.311 e. The molecule has 0 spiro atoms. The molecule has 5 nitrogen and oxygen atoms in total. The summed E-state index contributed by atoms with van der Waals surface area (Å²) in [6, 6.07) is 5.10. The number of hydrogen-bond donors (Lipinski definition) is 1. The fourth-order valence-electron chi connectivity index (χ4n) is 1.32. The van der Waals surface area contributed by atoms with Crippen LogP contribution in [0.3, 0.4) is 0 Å². The largest absolute Gasteiger partial charge is 0.490 e. The maximum atomic E-state index is 11.4. The molecule has 0 saturated carbocycles. The van der Waals surface area contributed by atoms with E-state index in [2.05, 4.69) is 0 Å². The number of hydrogen-bond acceptors (Lipinski definition) is 5. The van der Waals surface area contributed by atoms with E-state index in [1.807, 2.05) is 6.92 Å². The molecule has 0 aliphatic heterocycles. The Morgan fingerprint density at radius 3 is 2.44 bits per heavy atom. The number of aliphatic hydroxyl groups is 1. The van der Waals surface area contributed by atoms with Gasteiger partial charge in [0.05, 0.1) is 13.2 Å². The molecule has 0 aliphatic rings. The van der Waals surface area contributed by atoms with Gasteiger partial charge in [-0.25, -0.2) is 0 Å². The van der Waals surface area contributed by atoms with Crippen molar-refractivity contribution in [3.63, 3.8) is 0 Å². The number of carbonyl (C=O) groups is 1. The van der Waals surface area contributed by atoms with E-state index in [-0.39, 0.29) is 31.4 Å². The number of benzene rings is 1. The Kier molecular flexibility index (Phi) is 6.00. The predicted molar refractivity (Wildman–Crippen MR) is 66.1 cm³/mol. The molecule has 0 radical (unpaired) electrons. The van der Waals surface area contributed by atoms with E-state index in [1.165, 1.54) is 0 Å². The van der Waals surface area contributed by atoms with Crippen LogP contribution in [0.2, 0.25) is 0 Å². The van der Waals surface area contributed by atoms with Crippen molar-refractivity contribution in [3.05, 3.63) is 18.2 Å². The van der Waals surface area contributed by atoms with Crippen molar-refractivity contribution in [3.8, 4) is 17.2 Å². The monoisotopic (exact) mass is 254 g/mol. The van der Waals surface area contributed by atoms with Gasteiger partial charge in [-0.15, -0.1) is 0 Å². The van der Waals surface area contributed by atoms with Crippen molar-refractivity contribution < 1.29 is 24.1 Å². The van der Waals surface area contributed by atoms with Gasteiger partial charge >= 0.3 is 5.97 Å². The van der Waals surface area contributed by atoms with Crippen molar-refractivity contribution in [1.29, 1.82) is 0 Å². The fourth-order valence-corrected chi connectivity index (χ4v) is 1.32. The minimum atomic E-state index is -0.365. The maximum absolute atomic E-state index is 11.4. The second-order valence-corrected chi connectivity index (χ2v) is 3.42. The van der Waals surface area contributed by atoms with E-state index in [4.69, 9.17) is 19.3 Å². The van der Waals surface area contributed by atoms with Crippen LogP contribution >= 0.6 is 0 Å². The highest BCUT2D eigenvalue weighted by atomic mass is 16.6. The molecule has 0 aromatic heterocycles. The SMILES string of the molecule is CCOc1cccc(OCCO)c1OC(=O)CC. The lowest BCUT2D eigenvalue weighted by Gasteiger charge is -2.14. The number of esters is 1. The summed E-state index contributed by atoms with van der Waals surface area (Å²) >= 11 is 0. The van der Waals surface area contributed by atoms with Gasteiger partial charge in [-0.05, 0) is 19.1 Å². The summed E-state index contributed by atoms with van der Waals surface area (Å²) in [5, 5.41) is 8.76. The molecule has 1 N–H and O–H groups in total. The maximum Gasteiger partial charge on any atom is 0.311 e. The summed E-state index contributed by atoms with van der Waals surface area (Å²) in [6.45, 7) is 4.03. The van der Waals surface area contributed by atoms with Crippen LogP contribution in [-0.4, -0.2) is 30.9 Å². The molecule has 18 heavy (non-hydrogen) atoms. The summed E-state index contributed by atoms with van der Waals surface area (Å²) < 4.78 is 15.9. The highest BCUT2D eigenvalue weighted by molar-refractivity contribution is 5.74. The molecule has 1 aromatic rings. The van der Waals surface area contributed by atoms with Gasteiger partial charge in [0, 0.05) is 6.42 Å². The Morgan fingerprint density at radius 2 is 1.89 bits per heavy atom. The zero-order valence-electron chi connectivity index (χ0n) is 10.6. The highest BCUT2D eigenvalue weighted by Crippen LogP contribution is 2.37. The van der Waals surface area contributed by atoms with Gasteiger partial charge in [0.15, 0.2) is 11.5 Å². The highest BCUT2D eigenvalue weighted by Gasteiger charge is 2.15. The standard InChI is InChI=1S/C13H18O5/c1-3-12(15)18-13-10(16-4-2)6-5-7-11(13)17-9-8-14/h5-7,14H,3-4,8-9H2,1-2H3. The number of ether oxygens (including phenoxy) is 3. The third-order valence-electron chi connectivity index (χ3n) is 2.10. The van der Waals surface area contributed by atoms with Crippen molar-refractivity contribution in [2.24, 2.45) is 0 Å². The Bertz CT molecular complexity index is 389. The molecular weight excluding hydrogens is 236 g/mol. The van der Waals surface area contributed by atoms with Gasteiger partial charge in [-0.2, -0.15) is 0 Å². The molecule has 5 heteroatoms. The molecule has 0 aliphatic carbocycles. The van der Waals surface area contributed by atoms with Gasteiger partial charge in [0.25, 0.3) is 0 Å². The second kappa shape index (κ2) is 7.55. The number of carbonyl (C=O) groups excluding carboxylic acids is 1. The lowest BCUT2D eigenvalue weighted by atomic mass is 10.3. The summed E-state index contributed by atoms with van der Waals surface area (Å²) in [6.07, 6.45) is 0.264. The number of rotatable bonds is 7. The van der Waals surface area contributed by atoms with Gasteiger partial charge in [-0.3, -0.25) is 4.79 Å². The van der Waals surface area contributed by atoms with E-state index in [9.17, 15) is 4.79 Å². The minimum Gasteiger partial charge on any atom is -0.490 e. The van der Waals surface area contributed by atoms with Crippen molar-refractivity contribution in [2.45, 2.75) is 20.3 Å². The lowest BCUT2D eigenvalue weighted by Crippen LogP contribution is -2.10. The molecular formula is C13H18O5. The van der Waals surface area contributed by atoms with Crippen LogP contribution in [-0.2, 0) is 4.79 Å². The van der Waals surface area contributed by atoms with Crippen molar-refractivity contribution >= 4 is 5.97 Å². The molecule has 0 atom stereocenters. The average molecular weight is 254 g/mol. The van der Waals surface area contributed by atoms with Gasteiger partial charge in [0.2, 0.25) is 5.75 Å². The van der Waals surface area contributed by atoms with Crippen LogP contribution < -0.4 is 14.2 Å². The van der Waals surface area contributed by atoms with Crippen molar-refractivity contribution in [1.82, 2.24) is 0 Å². The van der Waals surface area contributed by atoms with Gasteiger partial charge < -0.3 is 19.3 Å². The molecule has 0 fully saturated rings. The van der Waals surface area contributed by atoms with Crippen LogP contribution in [0.5, 0.6) is 17.2 Å². The molecule has 1 rings (SSSR count). The first-order valence-electron chi connectivity index (χ1n) is 5.93. The van der Waals surface area contributed by atoms with Crippen LogP contribution in [0.1, 0.15) is 20.3 Å². The van der Waals surface area contributed by atoms with Crippen LogP contribution in [0.4, 0.5) is 0 Å². The third kappa shape index (κ3) is 3.92. The first-order valence-corrected chi connectivity index (χ1v) is 5.93. The Labute approximate surface area is 106 Å². The zero-order chi connectivity index (χ0) is 13.4. The molecule has 0 heterocycles. The van der Waals surface area contributed by atoms with Gasteiger partial charge in [0.1, 0.15) is 6.61 Å². The van der Waals surface area contributed by atoms with E-state index in [0.717, 1.165) is 0 Å². The first-order chi connectivity index (χ1) is 8.72. The van der Waals surface area contributed by atoms with E-state index < -0.39 is 0 Å². The second-order valence-electron chi connectivity index (χ2n) is 3.42. The Hall–Kier alpha value is -1.75. The van der Waals surface area contributed by atoms with Crippen LogP contribution in [0.15, 0.2) is 18.2 Å². The number of para-hydroxylation sites is 1. The quantitative estimate of drug-likeness (QED) is 0.593. The molecule has 0 amide bonds. The van der Waals surface area contributed by atoms with Crippen molar-refractivity contribution in [2.75, 3.05) is 19.8 Å².